The summed E-state index contributed by atoms with van der Waals surface area (Å²) in [4.78, 5) is 25.0. The number of carbonyl (C=O) groups is 2. The van der Waals surface area contributed by atoms with Crippen LogP contribution in [0.1, 0.15) is 39.5 Å². The van der Waals surface area contributed by atoms with Crippen LogP contribution in [0.5, 0.6) is 0 Å². The van der Waals surface area contributed by atoms with Gasteiger partial charge in [-0.3, -0.25) is 9.59 Å². The molecule has 1 aliphatic carbocycles. The lowest BCUT2D eigenvalue weighted by Crippen LogP contribution is -2.41. The number of carbonyl (C=O) groups excluding carboxylic acids is 2. The predicted molar refractivity (Wildman–Crippen MR) is 91.0 cm³/mol. The van der Waals surface area contributed by atoms with Crippen LogP contribution in [0.3, 0.4) is 0 Å². The lowest BCUT2D eigenvalue weighted by molar-refractivity contribution is -0.171. The molecule has 0 unspecified atom stereocenters. The van der Waals surface area contributed by atoms with Crippen LogP contribution in [0.15, 0.2) is 24.3 Å². The normalized spacial score (nSPS) is 12.7. The zero-order valence-corrected chi connectivity index (χ0v) is 14.6. The molecular formula is C19H26O5. The van der Waals surface area contributed by atoms with Crippen LogP contribution in [-0.4, -0.2) is 38.4 Å². The van der Waals surface area contributed by atoms with Gasteiger partial charge < -0.3 is 14.2 Å². The Bertz CT molecular complexity index is 512. The maximum atomic E-state index is 12.5. The lowest BCUT2D eigenvalue weighted by Gasteiger charge is -2.26. The van der Waals surface area contributed by atoms with E-state index < -0.39 is 17.4 Å². The second-order valence-electron chi connectivity index (χ2n) is 5.42. The van der Waals surface area contributed by atoms with Crippen molar-refractivity contribution in [3.63, 3.8) is 0 Å². The molecule has 0 amide bonds. The van der Waals surface area contributed by atoms with E-state index in [0.717, 1.165) is 12.8 Å². The largest absolute Gasteiger partial charge is 0.465 e. The number of ether oxygens (including phenoxy) is 3. The van der Waals surface area contributed by atoms with Crippen molar-refractivity contribution in [2.75, 3.05) is 26.4 Å². The molecule has 5 heteroatoms. The molecular weight excluding hydrogens is 308 g/mol. The first-order chi connectivity index (χ1) is 11.6. The molecule has 5 nitrogen and oxygen atoms in total. The highest BCUT2D eigenvalue weighted by molar-refractivity contribution is 6.00. The van der Waals surface area contributed by atoms with Crippen molar-refractivity contribution in [2.24, 2.45) is 5.41 Å². The topological polar surface area (TPSA) is 61.8 Å². The van der Waals surface area contributed by atoms with Gasteiger partial charge in [0, 0.05) is 6.42 Å². The summed E-state index contributed by atoms with van der Waals surface area (Å²) in [6.45, 7) is 7.99. The molecule has 0 N–H and O–H groups in total. The Morgan fingerprint density at radius 2 is 1.79 bits per heavy atom. The van der Waals surface area contributed by atoms with Crippen molar-refractivity contribution in [1.29, 1.82) is 0 Å². The zero-order valence-electron chi connectivity index (χ0n) is 14.6. The predicted octanol–water partition coefficient (Wildman–Crippen LogP) is 2.81. The minimum atomic E-state index is -1.41. The second kappa shape index (κ2) is 10.7. The average molecular weight is 334 g/mol. The summed E-state index contributed by atoms with van der Waals surface area (Å²) < 4.78 is 15.5. The highest BCUT2D eigenvalue weighted by atomic mass is 16.6. The minimum absolute atomic E-state index is 0.0475. The highest BCUT2D eigenvalue weighted by Gasteiger charge is 2.47. The van der Waals surface area contributed by atoms with Gasteiger partial charge in [0.05, 0.1) is 19.8 Å². The van der Waals surface area contributed by atoms with Crippen LogP contribution in [-0.2, 0) is 23.8 Å². The van der Waals surface area contributed by atoms with E-state index in [-0.39, 0.29) is 32.7 Å². The summed E-state index contributed by atoms with van der Waals surface area (Å²) in [7, 11) is 0. The van der Waals surface area contributed by atoms with E-state index in [1.54, 1.807) is 19.9 Å². The summed E-state index contributed by atoms with van der Waals surface area (Å²) in [5.74, 6) is 4.52. The van der Waals surface area contributed by atoms with Crippen LogP contribution >= 0.6 is 0 Å². The molecule has 0 radical (unpaired) electrons. The summed E-state index contributed by atoms with van der Waals surface area (Å²) in [5.41, 5.74) is -0.164. The van der Waals surface area contributed by atoms with Gasteiger partial charge >= 0.3 is 11.9 Å². The SMILES string of the molecule is C=CCOCC#CCC(CC=C1CC1)(C(=O)OCC)C(=O)OCC. The first-order valence-electron chi connectivity index (χ1n) is 8.27. The molecule has 0 aromatic rings. The molecule has 0 heterocycles. The summed E-state index contributed by atoms with van der Waals surface area (Å²) in [5, 5.41) is 0. The Morgan fingerprint density at radius 1 is 1.17 bits per heavy atom. The van der Waals surface area contributed by atoms with Crippen molar-refractivity contribution in [1.82, 2.24) is 0 Å². The smallest absolute Gasteiger partial charge is 0.324 e. The Hall–Kier alpha value is -2.06. The molecule has 1 aliphatic rings. The molecule has 0 saturated heterocycles. The average Bonchev–Trinajstić information content (AvgIpc) is 3.38. The molecule has 1 rings (SSSR count). The van der Waals surface area contributed by atoms with Gasteiger partial charge in [-0.25, -0.2) is 0 Å². The zero-order chi connectivity index (χ0) is 17.8. The number of hydrogen-bond donors (Lipinski definition) is 0. The Balaban J connectivity index is 2.94. The van der Waals surface area contributed by atoms with E-state index in [9.17, 15) is 9.59 Å². The van der Waals surface area contributed by atoms with Gasteiger partial charge in [-0.15, -0.1) is 6.58 Å². The number of esters is 2. The third-order valence-corrected chi connectivity index (χ3v) is 3.54. The maximum absolute atomic E-state index is 12.5. The fourth-order valence-corrected chi connectivity index (χ4v) is 2.06. The third kappa shape index (κ3) is 6.21. The molecule has 0 bridgehead atoms. The fraction of sp³-hybridized carbons (Fsp3) is 0.579. The molecule has 0 aromatic carbocycles. The number of allylic oxidation sites excluding steroid dienone is 2. The molecule has 0 atom stereocenters. The van der Waals surface area contributed by atoms with E-state index in [1.807, 2.05) is 6.08 Å². The van der Waals surface area contributed by atoms with Gasteiger partial charge in [-0.2, -0.15) is 0 Å². The first kappa shape index (κ1) is 20.0. The van der Waals surface area contributed by atoms with Crippen molar-refractivity contribution in [3.05, 3.63) is 24.3 Å². The fourth-order valence-electron chi connectivity index (χ4n) is 2.06. The second-order valence-corrected chi connectivity index (χ2v) is 5.42. The van der Waals surface area contributed by atoms with Crippen molar-refractivity contribution < 1.29 is 23.8 Å². The molecule has 0 spiro atoms. The molecule has 0 aliphatic heterocycles. The first-order valence-corrected chi connectivity index (χ1v) is 8.27. The summed E-state index contributed by atoms with van der Waals surface area (Å²) >= 11 is 0. The van der Waals surface area contributed by atoms with Crippen LogP contribution < -0.4 is 0 Å². The maximum Gasteiger partial charge on any atom is 0.324 e. The summed E-state index contributed by atoms with van der Waals surface area (Å²) in [6.07, 6.45) is 5.90. The molecule has 132 valence electrons. The minimum Gasteiger partial charge on any atom is -0.465 e. The van der Waals surface area contributed by atoms with Gasteiger partial charge in [0.15, 0.2) is 5.41 Å². The van der Waals surface area contributed by atoms with Crippen LogP contribution in [0.2, 0.25) is 0 Å². The van der Waals surface area contributed by atoms with E-state index >= 15 is 0 Å². The monoisotopic (exact) mass is 334 g/mol. The van der Waals surface area contributed by atoms with Crippen molar-refractivity contribution in [3.8, 4) is 11.8 Å². The van der Waals surface area contributed by atoms with Gasteiger partial charge in [0.1, 0.15) is 6.61 Å². The van der Waals surface area contributed by atoms with Crippen LogP contribution in [0, 0.1) is 17.3 Å². The molecule has 24 heavy (non-hydrogen) atoms. The molecule has 1 fully saturated rings. The Morgan fingerprint density at radius 3 is 2.29 bits per heavy atom. The van der Waals surface area contributed by atoms with Crippen molar-refractivity contribution >= 4 is 11.9 Å². The Labute approximate surface area is 144 Å². The van der Waals surface area contributed by atoms with Gasteiger partial charge in [0.25, 0.3) is 0 Å². The third-order valence-electron chi connectivity index (χ3n) is 3.54. The highest BCUT2D eigenvalue weighted by Crippen LogP contribution is 2.35. The van der Waals surface area contributed by atoms with E-state index in [1.165, 1.54) is 5.57 Å². The molecule has 1 saturated carbocycles. The number of hydrogen-bond acceptors (Lipinski definition) is 5. The van der Waals surface area contributed by atoms with E-state index in [0.29, 0.717) is 6.61 Å². The quantitative estimate of drug-likeness (QED) is 0.202. The summed E-state index contributed by atoms with van der Waals surface area (Å²) in [6, 6.07) is 0. The molecule has 0 aromatic heterocycles. The van der Waals surface area contributed by atoms with Gasteiger partial charge in [-0.1, -0.05) is 29.6 Å². The van der Waals surface area contributed by atoms with Crippen molar-refractivity contribution in [2.45, 2.75) is 39.5 Å². The number of rotatable bonds is 10. The van der Waals surface area contributed by atoms with E-state index in [4.69, 9.17) is 14.2 Å². The van der Waals surface area contributed by atoms with Crippen LogP contribution in [0.4, 0.5) is 0 Å². The van der Waals surface area contributed by atoms with Gasteiger partial charge in [-0.05, 0) is 33.1 Å². The lowest BCUT2D eigenvalue weighted by atomic mass is 9.81. The van der Waals surface area contributed by atoms with Gasteiger partial charge in [0.2, 0.25) is 0 Å². The van der Waals surface area contributed by atoms with E-state index in [2.05, 4.69) is 18.4 Å². The Kier molecular flexibility index (Phi) is 8.88. The van der Waals surface area contributed by atoms with Crippen LogP contribution in [0.25, 0.3) is 0 Å². The standard InChI is InChI=1S/C19H26O5/c1-4-14-22-15-8-7-12-19(17(20)23-5-2,18(21)24-6-3)13-11-16-9-10-16/h4,11H,1,5-6,9-10,12-15H2,2-3H3.